The number of non-ortho nitro benzene ring substituents is 1. The topological polar surface area (TPSA) is 156 Å². The Labute approximate surface area is 235 Å². The number of hydrogen-bond donors (Lipinski definition) is 1. The van der Waals surface area contributed by atoms with Crippen LogP contribution in [0.15, 0.2) is 24.3 Å². The van der Waals surface area contributed by atoms with Crippen LogP contribution in [-0.2, 0) is 42.6 Å². The quantitative estimate of drug-likeness (QED) is 0.0759. The van der Waals surface area contributed by atoms with E-state index in [1.807, 2.05) is 0 Å². The van der Waals surface area contributed by atoms with Crippen LogP contribution in [0.1, 0.15) is 0 Å². The molecule has 0 aromatic heterocycles. The predicted octanol–water partition coefficient (Wildman–Crippen LogP) is 1.12. The summed E-state index contributed by atoms with van der Waals surface area (Å²) in [6.07, 6.45) is 0. The molecule has 1 rings (SSSR count). The molecule has 1 aromatic rings. The standard InChI is InChI=1S/C26H45NO13/c28-5-6-31-7-8-32-9-10-33-11-12-34-13-14-35-15-16-36-17-18-37-19-20-38-21-22-39-23-24-40-26-3-1-25(2-4-26)27(29)30/h1-4,28H,5-24H2. The van der Waals surface area contributed by atoms with Gasteiger partial charge in [0, 0.05) is 12.1 Å². The Morgan fingerprint density at radius 2 is 0.750 bits per heavy atom. The Kier molecular flexibility index (Phi) is 25.7. The third kappa shape index (κ3) is 23.9. The minimum atomic E-state index is -0.454. The van der Waals surface area contributed by atoms with Gasteiger partial charge in [0.2, 0.25) is 0 Å². The fraction of sp³-hybridized carbons (Fsp3) is 0.769. The average molecular weight is 580 g/mol. The summed E-state index contributed by atoms with van der Waals surface area (Å²) in [5, 5.41) is 19.2. The van der Waals surface area contributed by atoms with Crippen LogP contribution in [0.3, 0.4) is 0 Å². The summed E-state index contributed by atoms with van der Waals surface area (Å²) in [6, 6.07) is 5.90. The molecule has 0 heterocycles. The molecule has 0 bridgehead atoms. The Hall–Kier alpha value is -1.98. The minimum Gasteiger partial charge on any atom is -0.491 e. The van der Waals surface area contributed by atoms with E-state index in [4.69, 9.17) is 52.5 Å². The monoisotopic (exact) mass is 579 g/mol. The number of hydrogen-bond acceptors (Lipinski definition) is 13. The summed E-state index contributed by atoms with van der Waals surface area (Å²) < 4.78 is 53.8. The number of aliphatic hydroxyl groups excluding tert-OH is 1. The second kappa shape index (κ2) is 28.5. The average Bonchev–Trinajstić information content (AvgIpc) is 2.96. The number of benzene rings is 1. The lowest BCUT2D eigenvalue weighted by atomic mass is 10.3. The molecule has 232 valence electrons. The maximum absolute atomic E-state index is 10.6. The first-order valence-corrected chi connectivity index (χ1v) is 13.4. The van der Waals surface area contributed by atoms with Gasteiger partial charge >= 0.3 is 0 Å². The van der Waals surface area contributed by atoms with Gasteiger partial charge in [-0.05, 0) is 12.1 Å². The van der Waals surface area contributed by atoms with Crippen LogP contribution in [0.5, 0.6) is 5.75 Å². The summed E-state index contributed by atoms with van der Waals surface area (Å²) in [5.41, 5.74) is 0.0250. The molecule has 0 saturated carbocycles. The fourth-order valence-corrected chi connectivity index (χ4v) is 2.81. The number of nitro groups is 1. The Balaban J connectivity index is 1.67. The summed E-state index contributed by atoms with van der Waals surface area (Å²) in [7, 11) is 0. The van der Waals surface area contributed by atoms with E-state index in [9.17, 15) is 10.1 Å². The van der Waals surface area contributed by atoms with Gasteiger partial charge in [-0.25, -0.2) is 0 Å². The largest absolute Gasteiger partial charge is 0.491 e. The highest BCUT2D eigenvalue weighted by atomic mass is 16.6. The fourth-order valence-electron chi connectivity index (χ4n) is 2.81. The minimum absolute atomic E-state index is 0.0195. The second-order valence-corrected chi connectivity index (χ2v) is 7.83. The van der Waals surface area contributed by atoms with Crippen LogP contribution in [0.4, 0.5) is 5.69 Å². The number of nitro benzene ring substituents is 1. The summed E-state index contributed by atoms with van der Waals surface area (Å²) in [5.74, 6) is 0.555. The molecule has 0 radical (unpaired) electrons. The van der Waals surface area contributed by atoms with E-state index in [1.54, 1.807) is 12.1 Å². The van der Waals surface area contributed by atoms with Gasteiger partial charge < -0.3 is 52.5 Å². The molecule has 0 aliphatic heterocycles. The molecule has 0 amide bonds. The number of ether oxygens (including phenoxy) is 10. The molecule has 0 spiro atoms. The lowest BCUT2D eigenvalue weighted by molar-refractivity contribution is -0.384. The van der Waals surface area contributed by atoms with E-state index in [1.165, 1.54) is 12.1 Å². The first kappa shape index (κ1) is 36.0. The first-order valence-electron chi connectivity index (χ1n) is 13.4. The van der Waals surface area contributed by atoms with Gasteiger partial charge in [-0.15, -0.1) is 0 Å². The maximum atomic E-state index is 10.6. The summed E-state index contributed by atoms with van der Waals surface area (Å²) in [6.45, 7) is 8.74. The molecular weight excluding hydrogens is 534 g/mol. The van der Waals surface area contributed by atoms with Crippen molar-refractivity contribution in [3.8, 4) is 5.75 Å². The lowest BCUT2D eigenvalue weighted by Gasteiger charge is -2.09. The van der Waals surface area contributed by atoms with Gasteiger partial charge in [-0.3, -0.25) is 10.1 Å². The Bertz CT molecular complexity index is 681. The molecular formula is C26H45NO13. The molecule has 14 heteroatoms. The van der Waals surface area contributed by atoms with Crippen LogP contribution in [0, 0.1) is 10.1 Å². The normalized spacial score (nSPS) is 11.2. The maximum Gasteiger partial charge on any atom is 0.269 e. The molecule has 14 nitrogen and oxygen atoms in total. The summed E-state index contributed by atoms with van der Waals surface area (Å²) in [4.78, 5) is 10.2. The van der Waals surface area contributed by atoms with Crippen molar-refractivity contribution in [2.45, 2.75) is 0 Å². The zero-order chi connectivity index (χ0) is 28.8. The Morgan fingerprint density at radius 1 is 0.475 bits per heavy atom. The van der Waals surface area contributed by atoms with Crippen molar-refractivity contribution in [3.05, 3.63) is 34.4 Å². The molecule has 0 atom stereocenters. The number of aliphatic hydroxyl groups is 1. The van der Waals surface area contributed by atoms with Crippen molar-refractivity contribution >= 4 is 5.69 Å². The molecule has 1 aromatic carbocycles. The van der Waals surface area contributed by atoms with Crippen LogP contribution < -0.4 is 4.74 Å². The predicted molar refractivity (Wildman–Crippen MR) is 143 cm³/mol. The van der Waals surface area contributed by atoms with Gasteiger partial charge in [0.15, 0.2) is 0 Å². The van der Waals surface area contributed by atoms with Gasteiger partial charge in [0.1, 0.15) is 12.4 Å². The second-order valence-electron chi connectivity index (χ2n) is 7.83. The van der Waals surface area contributed by atoms with Gasteiger partial charge in [-0.1, -0.05) is 0 Å². The van der Waals surface area contributed by atoms with Gasteiger partial charge in [-0.2, -0.15) is 0 Å². The number of nitrogens with zero attached hydrogens (tertiary/aromatic N) is 1. The molecule has 40 heavy (non-hydrogen) atoms. The van der Waals surface area contributed by atoms with Crippen LogP contribution >= 0.6 is 0 Å². The van der Waals surface area contributed by atoms with E-state index in [-0.39, 0.29) is 12.3 Å². The van der Waals surface area contributed by atoms with Crippen molar-refractivity contribution in [2.24, 2.45) is 0 Å². The van der Waals surface area contributed by atoms with E-state index in [0.717, 1.165) is 0 Å². The highest BCUT2D eigenvalue weighted by Crippen LogP contribution is 2.17. The molecule has 0 aliphatic carbocycles. The zero-order valence-electron chi connectivity index (χ0n) is 23.2. The van der Waals surface area contributed by atoms with Crippen LogP contribution in [-0.4, -0.2) is 142 Å². The molecule has 0 fully saturated rings. The third-order valence-corrected chi connectivity index (χ3v) is 4.76. The van der Waals surface area contributed by atoms with Gasteiger partial charge in [0.25, 0.3) is 5.69 Å². The number of rotatable bonds is 31. The van der Waals surface area contributed by atoms with Crippen molar-refractivity contribution in [2.75, 3.05) is 132 Å². The highest BCUT2D eigenvalue weighted by molar-refractivity contribution is 5.35. The van der Waals surface area contributed by atoms with E-state index in [0.29, 0.717) is 131 Å². The SMILES string of the molecule is O=[N+]([O-])c1ccc(OCCOCCOCCOCCOCCOCCOCCOCCOCCOCCO)cc1. The van der Waals surface area contributed by atoms with Crippen molar-refractivity contribution < 1.29 is 57.4 Å². The van der Waals surface area contributed by atoms with E-state index in [2.05, 4.69) is 0 Å². The molecule has 1 N–H and O–H groups in total. The van der Waals surface area contributed by atoms with E-state index >= 15 is 0 Å². The Morgan fingerprint density at radius 3 is 1.02 bits per heavy atom. The van der Waals surface area contributed by atoms with Crippen molar-refractivity contribution in [3.63, 3.8) is 0 Å². The molecule has 0 unspecified atom stereocenters. The van der Waals surface area contributed by atoms with Crippen molar-refractivity contribution in [1.29, 1.82) is 0 Å². The first-order chi connectivity index (χ1) is 19.7. The molecule has 0 saturated heterocycles. The zero-order valence-corrected chi connectivity index (χ0v) is 23.2. The lowest BCUT2D eigenvalue weighted by Crippen LogP contribution is -2.15. The van der Waals surface area contributed by atoms with Crippen LogP contribution in [0.2, 0.25) is 0 Å². The highest BCUT2D eigenvalue weighted by Gasteiger charge is 2.04. The molecule has 0 aliphatic rings. The van der Waals surface area contributed by atoms with Crippen molar-refractivity contribution in [1.82, 2.24) is 0 Å². The third-order valence-electron chi connectivity index (χ3n) is 4.76. The smallest absolute Gasteiger partial charge is 0.269 e. The summed E-state index contributed by atoms with van der Waals surface area (Å²) >= 11 is 0. The van der Waals surface area contributed by atoms with E-state index < -0.39 is 4.92 Å². The van der Waals surface area contributed by atoms with Gasteiger partial charge in [0.05, 0.1) is 130 Å². The van der Waals surface area contributed by atoms with Crippen LogP contribution in [0.25, 0.3) is 0 Å².